The molecule has 0 saturated carbocycles. The highest BCUT2D eigenvalue weighted by Gasteiger charge is 2.30. The lowest BCUT2D eigenvalue weighted by molar-refractivity contribution is -0.137. The number of hydrogen-bond acceptors (Lipinski definition) is 4. The highest BCUT2D eigenvalue weighted by Crippen LogP contribution is 2.32. The third-order valence-corrected chi connectivity index (χ3v) is 5.36. The van der Waals surface area contributed by atoms with Crippen molar-refractivity contribution < 1.29 is 31.1 Å². The minimum absolute atomic E-state index is 0.0191. The minimum Gasteiger partial charge on any atom is -0.495 e. The van der Waals surface area contributed by atoms with Crippen LogP contribution in [0, 0.1) is 0 Å². The van der Waals surface area contributed by atoms with Crippen LogP contribution >= 0.6 is 0 Å². The van der Waals surface area contributed by atoms with Gasteiger partial charge in [0, 0.05) is 11.3 Å². The fraction of sp³-hybridized carbons (Fsp3) is 0.0952. The van der Waals surface area contributed by atoms with E-state index in [0.717, 1.165) is 18.2 Å². The van der Waals surface area contributed by atoms with Crippen molar-refractivity contribution in [3.05, 3.63) is 77.9 Å². The van der Waals surface area contributed by atoms with Gasteiger partial charge in [-0.1, -0.05) is 30.3 Å². The number of halogens is 3. The number of nitrogens with two attached hydrogens (primary N) is 1. The summed E-state index contributed by atoms with van der Waals surface area (Å²) in [5.41, 5.74) is 0.367. The molecule has 0 aliphatic heterocycles. The van der Waals surface area contributed by atoms with E-state index in [2.05, 4.69) is 5.32 Å². The number of amides is 1. The van der Waals surface area contributed by atoms with Crippen molar-refractivity contribution in [3.8, 4) is 16.9 Å². The first kappa shape index (κ1) is 22.3. The Morgan fingerprint density at radius 2 is 1.65 bits per heavy atom. The average Bonchev–Trinajstić information content (AvgIpc) is 2.72. The second-order valence-electron chi connectivity index (χ2n) is 6.49. The fourth-order valence-electron chi connectivity index (χ4n) is 2.95. The fourth-order valence-corrected chi connectivity index (χ4v) is 3.67. The van der Waals surface area contributed by atoms with Gasteiger partial charge in [0.25, 0.3) is 5.91 Å². The Morgan fingerprint density at radius 1 is 1.00 bits per heavy atom. The number of sulfonamides is 1. The average molecular weight is 450 g/mol. The van der Waals surface area contributed by atoms with Crippen LogP contribution in [0.5, 0.6) is 5.75 Å². The summed E-state index contributed by atoms with van der Waals surface area (Å²) >= 11 is 0. The van der Waals surface area contributed by atoms with Gasteiger partial charge in [-0.2, -0.15) is 13.2 Å². The maximum absolute atomic E-state index is 12.8. The molecule has 3 aromatic rings. The standard InChI is InChI=1S/C21H17F3N2O4S/c1-30-18-11-10-15(12-19(18)31(25,28)29)26-20(27)17-5-3-2-4-16(17)13-6-8-14(9-7-13)21(22,23)24/h2-12H,1H3,(H,26,27)(H2,25,28,29). The zero-order valence-electron chi connectivity index (χ0n) is 16.1. The minimum atomic E-state index is -4.47. The summed E-state index contributed by atoms with van der Waals surface area (Å²) in [4.78, 5) is 12.5. The molecule has 0 aromatic heterocycles. The summed E-state index contributed by atoms with van der Waals surface area (Å²) < 4.78 is 67.0. The molecular weight excluding hydrogens is 433 g/mol. The van der Waals surface area contributed by atoms with Gasteiger partial charge in [-0.3, -0.25) is 4.79 Å². The smallest absolute Gasteiger partial charge is 0.416 e. The number of primary sulfonamides is 1. The Balaban J connectivity index is 1.94. The van der Waals surface area contributed by atoms with Crippen molar-refractivity contribution in [2.75, 3.05) is 12.4 Å². The molecule has 31 heavy (non-hydrogen) atoms. The van der Waals surface area contributed by atoms with E-state index < -0.39 is 27.7 Å². The molecule has 162 valence electrons. The van der Waals surface area contributed by atoms with Crippen molar-refractivity contribution in [2.45, 2.75) is 11.1 Å². The van der Waals surface area contributed by atoms with Crippen LogP contribution in [-0.4, -0.2) is 21.4 Å². The highest BCUT2D eigenvalue weighted by atomic mass is 32.2. The lowest BCUT2D eigenvalue weighted by Crippen LogP contribution is -2.16. The van der Waals surface area contributed by atoms with E-state index in [1.54, 1.807) is 18.2 Å². The Hall–Kier alpha value is -3.37. The first-order valence-electron chi connectivity index (χ1n) is 8.79. The van der Waals surface area contributed by atoms with Crippen molar-refractivity contribution in [3.63, 3.8) is 0 Å². The molecule has 0 saturated heterocycles. The molecule has 0 atom stereocenters. The number of hydrogen-bond donors (Lipinski definition) is 2. The van der Waals surface area contributed by atoms with Gasteiger partial charge in [0.05, 0.1) is 12.7 Å². The van der Waals surface area contributed by atoms with Crippen LogP contribution in [0.4, 0.5) is 18.9 Å². The number of methoxy groups -OCH3 is 1. The maximum Gasteiger partial charge on any atom is 0.416 e. The molecule has 3 aromatic carbocycles. The zero-order chi connectivity index (χ0) is 22.8. The van der Waals surface area contributed by atoms with Gasteiger partial charge in [-0.25, -0.2) is 13.6 Å². The Kier molecular flexibility index (Phi) is 6.05. The second-order valence-corrected chi connectivity index (χ2v) is 8.02. The van der Waals surface area contributed by atoms with E-state index in [1.165, 1.54) is 37.4 Å². The number of nitrogens with one attached hydrogen (secondary N) is 1. The summed E-state index contributed by atoms with van der Waals surface area (Å²) in [6.07, 6.45) is -4.47. The molecule has 0 unspecified atom stereocenters. The molecule has 0 aliphatic rings. The first-order valence-corrected chi connectivity index (χ1v) is 10.3. The highest BCUT2D eigenvalue weighted by molar-refractivity contribution is 7.89. The van der Waals surface area contributed by atoms with Crippen LogP contribution in [0.2, 0.25) is 0 Å². The predicted molar refractivity (Wildman–Crippen MR) is 109 cm³/mol. The number of alkyl halides is 3. The normalized spacial score (nSPS) is 11.8. The number of carbonyl (C=O) groups excluding carboxylic acids is 1. The molecule has 10 heteroatoms. The van der Waals surface area contributed by atoms with Crippen LogP contribution in [0.15, 0.2) is 71.6 Å². The summed E-state index contributed by atoms with van der Waals surface area (Å²) in [6.45, 7) is 0. The molecule has 0 bridgehead atoms. The molecule has 6 nitrogen and oxygen atoms in total. The lowest BCUT2D eigenvalue weighted by atomic mass is 9.98. The maximum atomic E-state index is 12.8. The summed E-state index contributed by atoms with van der Waals surface area (Å²) in [6, 6.07) is 14.7. The number of rotatable bonds is 5. The van der Waals surface area contributed by atoms with E-state index in [1.807, 2.05) is 0 Å². The van der Waals surface area contributed by atoms with Gasteiger partial charge >= 0.3 is 6.18 Å². The molecule has 0 aliphatic carbocycles. The second kappa shape index (κ2) is 8.40. The quantitative estimate of drug-likeness (QED) is 0.606. The molecule has 3 rings (SSSR count). The third kappa shape index (κ3) is 5.04. The van der Waals surface area contributed by atoms with Crippen LogP contribution in [0.3, 0.4) is 0 Å². The van der Waals surface area contributed by atoms with Crippen molar-refractivity contribution in [1.82, 2.24) is 0 Å². The van der Waals surface area contributed by atoms with Crippen molar-refractivity contribution in [2.24, 2.45) is 5.14 Å². The number of anilines is 1. The van der Waals surface area contributed by atoms with E-state index in [4.69, 9.17) is 9.88 Å². The number of ether oxygens (including phenoxy) is 1. The Morgan fingerprint density at radius 3 is 2.23 bits per heavy atom. The van der Waals surface area contributed by atoms with Crippen molar-refractivity contribution >= 4 is 21.6 Å². The third-order valence-electron chi connectivity index (χ3n) is 4.42. The van der Waals surface area contributed by atoms with Crippen LogP contribution < -0.4 is 15.2 Å². The number of benzene rings is 3. The van der Waals surface area contributed by atoms with Crippen molar-refractivity contribution in [1.29, 1.82) is 0 Å². The molecule has 0 radical (unpaired) electrons. The molecular formula is C21H17F3N2O4S. The Bertz CT molecular complexity index is 1220. The summed E-state index contributed by atoms with van der Waals surface area (Å²) in [7, 11) is -2.82. The summed E-state index contributed by atoms with van der Waals surface area (Å²) in [5.74, 6) is -0.563. The zero-order valence-corrected chi connectivity index (χ0v) is 16.9. The lowest BCUT2D eigenvalue weighted by Gasteiger charge is -2.13. The molecule has 0 spiro atoms. The molecule has 3 N–H and O–H groups in total. The monoisotopic (exact) mass is 450 g/mol. The Labute approximate surface area is 176 Å². The first-order chi connectivity index (χ1) is 14.5. The van der Waals surface area contributed by atoms with E-state index >= 15 is 0 Å². The van der Waals surface area contributed by atoms with Gasteiger partial charge in [-0.15, -0.1) is 0 Å². The van der Waals surface area contributed by atoms with E-state index in [9.17, 15) is 26.4 Å². The molecule has 0 heterocycles. The molecule has 1 amide bonds. The van der Waals surface area contributed by atoms with Gasteiger partial charge in [0.15, 0.2) is 0 Å². The molecule has 0 fully saturated rings. The van der Waals surface area contributed by atoms with E-state index in [0.29, 0.717) is 11.1 Å². The topological polar surface area (TPSA) is 98.5 Å². The van der Waals surface area contributed by atoms with E-state index in [-0.39, 0.29) is 21.9 Å². The van der Waals surface area contributed by atoms with Crippen LogP contribution in [0.25, 0.3) is 11.1 Å². The number of carbonyl (C=O) groups is 1. The summed E-state index contributed by atoms with van der Waals surface area (Å²) in [5, 5.41) is 7.76. The predicted octanol–water partition coefficient (Wildman–Crippen LogP) is 4.28. The largest absolute Gasteiger partial charge is 0.495 e. The SMILES string of the molecule is COc1ccc(NC(=O)c2ccccc2-c2ccc(C(F)(F)F)cc2)cc1S(N)(=O)=O. The van der Waals surface area contributed by atoms with Gasteiger partial charge in [0.1, 0.15) is 10.6 Å². The van der Waals surface area contributed by atoms with Gasteiger partial charge in [-0.05, 0) is 47.5 Å². The van der Waals surface area contributed by atoms with Crippen LogP contribution in [-0.2, 0) is 16.2 Å². The van der Waals surface area contributed by atoms with Gasteiger partial charge < -0.3 is 10.1 Å². The van der Waals surface area contributed by atoms with Gasteiger partial charge in [0.2, 0.25) is 10.0 Å². The van der Waals surface area contributed by atoms with Crippen LogP contribution in [0.1, 0.15) is 15.9 Å².